The summed E-state index contributed by atoms with van der Waals surface area (Å²) >= 11 is 0. The van der Waals surface area contributed by atoms with Crippen LogP contribution in [-0.2, 0) is 0 Å². The van der Waals surface area contributed by atoms with Crippen molar-refractivity contribution in [1.82, 2.24) is 10.2 Å². The number of piperidine rings is 1. The summed E-state index contributed by atoms with van der Waals surface area (Å²) in [6, 6.07) is 6.25. The standard InChI is InChI=1S/C17H25F3N2O2/c1-12(2)22-9-7-14(8-10-22)21-11-16(23)13-3-5-15(6-4-13)24-17(18,19)20/h3-6,12,14,16,21,23H,7-11H2,1-2H3. The lowest BCUT2D eigenvalue weighted by atomic mass is 10.0. The highest BCUT2D eigenvalue weighted by molar-refractivity contribution is 5.28. The normalized spacial score (nSPS) is 18.8. The number of hydrogen-bond acceptors (Lipinski definition) is 4. The molecule has 24 heavy (non-hydrogen) atoms. The second-order valence-electron chi connectivity index (χ2n) is 6.44. The van der Waals surface area contributed by atoms with Gasteiger partial charge in [0.25, 0.3) is 0 Å². The Labute approximate surface area is 140 Å². The average Bonchev–Trinajstić information content (AvgIpc) is 2.52. The van der Waals surface area contributed by atoms with Gasteiger partial charge in [0.2, 0.25) is 0 Å². The van der Waals surface area contributed by atoms with Gasteiger partial charge in [-0.05, 0) is 57.5 Å². The molecular weight excluding hydrogens is 321 g/mol. The van der Waals surface area contributed by atoms with E-state index in [9.17, 15) is 18.3 Å². The fourth-order valence-electron chi connectivity index (χ4n) is 2.91. The Kier molecular flexibility index (Phi) is 6.48. The zero-order valence-corrected chi connectivity index (χ0v) is 14.0. The van der Waals surface area contributed by atoms with E-state index in [0.29, 0.717) is 24.2 Å². The van der Waals surface area contributed by atoms with Gasteiger partial charge < -0.3 is 20.1 Å². The van der Waals surface area contributed by atoms with Crippen LogP contribution in [0, 0.1) is 0 Å². The highest BCUT2D eigenvalue weighted by Crippen LogP contribution is 2.24. The number of nitrogens with one attached hydrogen (secondary N) is 1. The molecule has 0 spiro atoms. The molecule has 0 saturated carbocycles. The van der Waals surface area contributed by atoms with Crippen molar-refractivity contribution in [2.45, 2.75) is 51.2 Å². The molecule has 0 aromatic heterocycles. The minimum Gasteiger partial charge on any atom is -0.406 e. The maximum atomic E-state index is 12.1. The van der Waals surface area contributed by atoms with Crippen LogP contribution in [-0.4, -0.2) is 48.1 Å². The predicted molar refractivity (Wildman–Crippen MR) is 85.8 cm³/mol. The minimum atomic E-state index is -4.70. The summed E-state index contributed by atoms with van der Waals surface area (Å²) in [5.41, 5.74) is 0.566. The molecule has 1 saturated heterocycles. The van der Waals surface area contributed by atoms with E-state index < -0.39 is 12.5 Å². The van der Waals surface area contributed by atoms with E-state index in [4.69, 9.17) is 0 Å². The maximum absolute atomic E-state index is 12.1. The predicted octanol–water partition coefficient (Wildman–Crippen LogP) is 3.08. The number of benzene rings is 1. The Morgan fingerprint density at radius 2 is 1.79 bits per heavy atom. The summed E-state index contributed by atoms with van der Waals surface area (Å²) in [6.07, 6.45) is -3.40. The van der Waals surface area contributed by atoms with Crippen molar-refractivity contribution in [3.8, 4) is 5.75 Å². The number of nitrogens with zero attached hydrogens (tertiary/aromatic N) is 1. The van der Waals surface area contributed by atoms with Crippen LogP contribution in [0.2, 0.25) is 0 Å². The lowest BCUT2D eigenvalue weighted by Crippen LogP contribution is -2.45. The van der Waals surface area contributed by atoms with E-state index in [1.165, 1.54) is 24.3 Å². The molecule has 2 rings (SSSR count). The molecule has 4 nitrogen and oxygen atoms in total. The summed E-state index contributed by atoms with van der Waals surface area (Å²) < 4.78 is 40.2. The lowest BCUT2D eigenvalue weighted by Gasteiger charge is -2.35. The zero-order valence-electron chi connectivity index (χ0n) is 14.0. The third kappa shape index (κ3) is 5.96. The summed E-state index contributed by atoms with van der Waals surface area (Å²) in [5.74, 6) is -0.285. The van der Waals surface area contributed by atoms with E-state index in [0.717, 1.165) is 25.9 Å². The molecule has 0 aliphatic carbocycles. The van der Waals surface area contributed by atoms with Crippen molar-refractivity contribution in [3.05, 3.63) is 29.8 Å². The van der Waals surface area contributed by atoms with Gasteiger partial charge in [-0.25, -0.2) is 0 Å². The van der Waals surface area contributed by atoms with Crippen LogP contribution in [0.15, 0.2) is 24.3 Å². The topological polar surface area (TPSA) is 44.7 Å². The van der Waals surface area contributed by atoms with Crippen molar-refractivity contribution < 1.29 is 23.0 Å². The molecule has 1 aromatic rings. The molecule has 2 N–H and O–H groups in total. The van der Waals surface area contributed by atoms with Gasteiger partial charge in [0.05, 0.1) is 6.10 Å². The van der Waals surface area contributed by atoms with Crippen molar-refractivity contribution in [3.63, 3.8) is 0 Å². The van der Waals surface area contributed by atoms with Crippen molar-refractivity contribution in [2.75, 3.05) is 19.6 Å². The molecular formula is C17H25F3N2O2. The van der Waals surface area contributed by atoms with Crippen LogP contribution in [0.4, 0.5) is 13.2 Å². The fourth-order valence-corrected chi connectivity index (χ4v) is 2.91. The molecule has 0 bridgehead atoms. The van der Waals surface area contributed by atoms with Gasteiger partial charge in [0.1, 0.15) is 5.75 Å². The molecule has 1 fully saturated rings. The van der Waals surface area contributed by atoms with Crippen LogP contribution in [0.5, 0.6) is 5.75 Å². The van der Waals surface area contributed by atoms with Crippen molar-refractivity contribution in [1.29, 1.82) is 0 Å². The highest BCUT2D eigenvalue weighted by atomic mass is 19.4. The number of ether oxygens (including phenoxy) is 1. The van der Waals surface area contributed by atoms with E-state index in [-0.39, 0.29) is 5.75 Å². The Bertz CT molecular complexity index is 498. The molecule has 1 heterocycles. The van der Waals surface area contributed by atoms with Gasteiger partial charge in [-0.3, -0.25) is 0 Å². The number of alkyl halides is 3. The molecule has 1 unspecified atom stereocenters. The fraction of sp³-hybridized carbons (Fsp3) is 0.647. The summed E-state index contributed by atoms with van der Waals surface area (Å²) in [6.45, 7) is 6.82. The van der Waals surface area contributed by atoms with Gasteiger partial charge in [-0.1, -0.05) is 12.1 Å². The van der Waals surface area contributed by atoms with Crippen LogP contribution < -0.4 is 10.1 Å². The number of likely N-dealkylation sites (tertiary alicyclic amines) is 1. The van der Waals surface area contributed by atoms with Crippen LogP contribution in [0.1, 0.15) is 38.4 Å². The average molecular weight is 346 g/mol. The molecule has 0 amide bonds. The van der Waals surface area contributed by atoms with Crippen LogP contribution in [0.25, 0.3) is 0 Å². The number of rotatable bonds is 6. The third-order valence-electron chi connectivity index (χ3n) is 4.36. The first kappa shape index (κ1) is 19.0. The smallest absolute Gasteiger partial charge is 0.406 e. The lowest BCUT2D eigenvalue weighted by molar-refractivity contribution is -0.274. The number of aliphatic hydroxyl groups excluding tert-OH is 1. The Balaban J connectivity index is 1.77. The molecule has 1 atom stereocenters. The zero-order chi connectivity index (χ0) is 17.7. The van der Waals surface area contributed by atoms with E-state index in [2.05, 4.69) is 28.8 Å². The van der Waals surface area contributed by atoms with Crippen molar-refractivity contribution >= 4 is 0 Å². The van der Waals surface area contributed by atoms with E-state index in [1.807, 2.05) is 0 Å². The molecule has 0 radical (unpaired) electrons. The number of hydrogen-bond donors (Lipinski definition) is 2. The second kappa shape index (κ2) is 8.18. The Morgan fingerprint density at radius 1 is 1.21 bits per heavy atom. The van der Waals surface area contributed by atoms with Gasteiger partial charge >= 0.3 is 6.36 Å². The molecule has 1 aliphatic heterocycles. The first-order chi connectivity index (χ1) is 11.2. The van der Waals surface area contributed by atoms with Gasteiger partial charge in [-0.15, -0.1) is 13.2 Å². The first-order valence-electron chi connectivity index (χ1n) is 8.26. The summed E-state index contributed by atoms with van der Waals surface area (Å²) in [4.78, 5) is 2.42. The first-order valence-corrected chi connectivity index (χ1v) is 8.26. The second-order valence-corrected chi connectivity index (χ2v) is 6.44. The molecule has 1 aliphatic rings. The Morgan fingerprint density at radius 3 is 2.29 bits per heavy atom. The van der Waals surface area contributed by atoms with Crippen LogP contribution in [0.3, 0.4) is 0 Å². The summed E-state index contributed by atoms with van der Waals surface area (Å²) in [5, 5.41) is 13.5. The largest absolute Gasteiger partial charge is 0.573 e. The molecule has 136 valence electrons. The van der Waals surface area contributed by atoms with Crippen LogP contribution >= 0.6 is 0 Å². The third-order valence-corrected chi connectivity index (χ3v) is 4.36. The highest BCUT2D eigenvalue weighted by Gasteiger charge is 2.31. The number of halogens is 3. The van der Waals surface area contributed by atoms with E-state index in [1.54, 1.807) is 0 Å². The monoisotopic (exact) mass is 346 g/mol. The quantitative estimate of drug-likeness (QED) is 0.831. The van der Waals surface area contributed by atoms with Gasteiger partial charge in [0, 0.05) is 18.6 Å². The van der Waals surface area contributed by atoms with E-state index >= 15 is 0 Å². The van der Waals surface area contributed by atoms with Crippen molar-refractivity contribution in [2.24, 2.45) is 0 Å². The minimum absolute atomic E-state index is 0.285. The SMILES string of the molecule is CC(C)N1CCC(NCC(O)c2ccc(OC(F)(F)F)cc2)CC1. The molecule has 1 aromatic carbocycles. The summed E-state index contributed by atoms with van der Waals surface area (Å²) in [7, 11) is 0. The maximum Gasteiger partial charge on any atom is 0.573 e. The number of aliphatic hydroxyl groups is 1. The Hall–Kier alpha value is -1.31. The van der Waals surface area contributed by atoms with Gasteiger partial charge in [-0.2, -0.15) is 0 Å². The van der Waals surface area contributed by atoms with Gasteiger partial charge in [0.15, 0.2) is 0 Å². The molecule has 7 heteroatoms.